The van der Waals surface area contributed by atoms with Crippen LogP contribution < -0.4 is 10.6 Å². The molecule has 0 aliphatic carbocycles. The van der Waals surface area contributed by atoms with Crippen LogP contribution in [0.3, 0.4) is 0 Å². The standard InChI is InChI=1S/C17H27N3O/c1-13-6-7-15(16(10-13)18-3)17(21)19-11-14(2)12-20-8-4-5-9-20/h6-7,10,14,18H,4-5,8-9,11-12H2,1-3H3,(H,19,21). The molecule has 2 N–H and O–H groups in total. The van der Waals surface area contributed by atoms with Gasteiger partial charge in [0.2, 0.25) is 0 Å². The molecule has 2 rings (SSSR count). The maximum absolute atomic E-state index is 12.3. The van der Waals surface area contributed by atoms with E-state index in [4.69, 9.17) is 0 Å². The molecule has 0 spiro atoms. The van der Waals surface area contributed by atoms with Crippen molar-refractivity contribution in [2.45, 2.75) is 26.7 Å². The van der Waals surface area contributed by atoms with Crippen LogP contribution in [0, 0.1) is 12.8 Å². The summed E-state index contributed by atoms with van der Waals surface area (Å²) in [5, 5.41) is 6.16. The van der Waals surface area contributed by atoms with Gasteiger partial charge in [0.15, 0.2) is 0 Å². The van der Waals surface area contributed by atoms with Crippen LogP contribution in [0.25, 0.3) is 0 Å². The Labute approximate surface area is 127 Å². The summed E-state index contributed by atoms with van der Waals surface area (Å²) in [5.74, 6) is 0.489. The number of carbonyl (C=O) groups is 1. The summed E-state index contributed by atoms with van der Waals surface area (Å²) < 4.78 is 0. The highest BCUT2D eigenvalue weighted by molar-refractivity contribution is 5.99. The van der Waals surface area contributed by atoms with Crippen molar-refractivity contribution >= 4 is 11.6 Å². The summed E-state index contributed by atoms with van der Waals surface area (Å²) in [5.41, 5.74) is 2.76. The maximum atomic E-state index is 12.3. The fraction of sp³-hybridized carbons (Fsp3) is 0.588. The number of rotatable bonds is 6. The van der Waals surface area contributed by atoms with Gasteiger partial charge in [0.05, 0.1) is 5.56 Å². The predicted molar refractivity (Wildman–Crippen MR) is 87.9 cm³/mol. The van der Waals surface area contributed by atoms with E-state index in [1.54, 1.807) is 0 Å². The van der Waals surface area contributed by atoms with Crippen molar-refractivity contribution in [1.29, 1.82) is 0 Å². The zero-order valence-electron chi connectivity index (χ0n) is 13.4. The van der Waals surface area contributed by atoms with Crippen LogP contribution in [0.4, 0.5) is 5.69 Å². The second-order valence-corrected chi connectivity index (χ2v) is 6.12. The lowest BCUT2D eigenvalue weighted by Gasteiger charge is -2.20. The number of aryl methyl sites for hydroxylation is 1. The maximum Gasteiger partial charge on any atom is 0.253 e. The average molecular weight is 289 g/mol. The SMILES string of the molecule is CNc1cc(C)ccc1C(=O)NCC(C)CN1CCCC1. The van der Waals surface area contributed by atoms with E-state index < -0.39 is 0 Å². The largest absolute Gasteiger partial charge is 0.387 e. The lowest BCUT2D eigenvalue weighted by Crippen LogP contribution is -2.34. The Morgan fingerprint density at radius 2 is 2.05 bits per heavy atom. The van der Waals surface area contributed by atoms with Crippen molar-refractivity contribution in [3.8, 4) is 0 Å². The zero-order valence-corrected chi connectivity index (χ0v) is 13.4. The second-order valence-electron chi connectivity index (χ2n) is 6.12. The third-order valence-corrected chi connectivity index (χ3v) is 4.07. The van der Waals surface area contributed by atoms with Gasteiger partial charge in [-0.2, -0.15) is 0 Å². The first-order chi connectivity index (χ1) is 10.1. The highest BCUT2D eigenvalue weighted by Crippen LogP contribution is 2.17. The molecule has 1 aliphatic rings. The Morgan fingerprint density at radius 1 is 1.33 bits per heavy atom. The van der Waals surface area contributed by atoms with E-state index in [2.05, 4.69) is 22.5 Å². The fourth-order valence-corrected chi connectivity index (χ4v) is 2.90. The second kappa shape index (κ2) is 7.46. The molecule has 0 bridgehead atoms. The third-order valence-electron chi connectivity index (χ3n) is 4.07. The van der Waals surface area contributed by atoms with Crippen molar-refractivity contribution in [3.05, 3.63) is 29.3 Å². The molecule has 0 saturated carbocycles. The Bertz CT molecular complexity index is 481. The highest BCUT2D eigenvalue weighted by Gasteiger charge is 2.16. The molecule has 1 atom stereocenters. The predicted octanol–water partition coefficient (Wildman–Crippen LogP) is 2.50. The lowest BCUT2D eigenvalue weighted by atomic mass is 10.1. The minimum absolute atomic E-state index is 0.00706. The van der Waals surface area contributed by atoms with Crippen molar-refractivity contribution in [1.82, 2.24) is 10.2 Å². The summed E-state index contributed by atoms with van der Waals surface area (Å²) >= 11 is 0. The summed E-state index contributed by atoms with van der Waals surface area (Å²) in [6.45, 7) is 8.45. The van der Waals surface area contributed by atoms with Crippen molar-refractivity contribution in [2.24, 2.45) is 5.92 Å². The normalized spacial score (nSPS) is 16.7. The molecule has 1 aliphatic heterocycles. The van der Waals surface area contributed by atoms with Crippen molar-refractivity contribution in [3.63, 3.8) is 0 Å². The summed E-state index contributed by atoms with van der Waals surface area (Å²) in [4.78, 5) is 14.8. The number of likely N-dealkylation sites (tertiary alicyclic amines) is 1. The number of carbonyl (C=O) groups excluding carboxylic acids is 1. The first kappa shape index (κ1) is 15.8. The van der Waals surface area contributed by atoms with E-state index in [1.165, 1.54) is 25.9 Å². The molecule has 1 heterocycles. The van der Waals surface area contributed by atoms with Gasteiger partial charge in [0.1, 0.15) is 0 Å². The Hall–Kier alpha value is -1.55. The molecule has 0 aromatic heterocycles. The lowest BCUT2D eigenvalue weighted by molar-refractivity contribution is 0.0946. The molecule has 1 aromatic rings. The molecular weight excluding hydrogens is 262 g/mol. The van der Waals surface area contributed by atoms with Gasteiger partial charge in [0, 0.05) is 25.8 Å². The van der Waals surface area contributed by atoms with E-state index in [1.807, 2.05) is 32.2 Å². The van der Waals surface area contributed by atoms with E-state index in [9.17, 15) is 4.79 Å². The van der Waals surface area contributed by atoms with E-state index in [0.29, 0.717) is 5.92 Å². The van der Waals surface area contributed by atoms with Crippen molar-refractivity contribution in [2.75, 3.05) is 38.5 Å². The number of hydrogen-bond acceptors (Lipinski definition) is 3. The average Bonchev–Trinajstić information content (AvgIpc) is 2.97. The van der Waals surface area contributed by atoms with Gasteiger partial charge in [-0.15, -0.1) is 0 Å². The molecule has 1 amide bonds. The van der Waals surface area contributed by atoms with Crippen LogP contribution in [-0.4, -0.2) is 44.0 Å². The van der Waals surface area contributed by atoms with Gasteiger partial charge in [-0.25, -0.2) is 0 Å². The zero-order chi connectivity index (χ0) is 15.2. The van der Waals surface area contributed by atoms with Gasteiger partial charge in [-0.1, -0.05) is 13.0 Å². The first-order valence-electron chi connectivity index (χ1n) is 7.89. The molecule has 116 valence electrons. The molecule has 4 nitrogen and oxygen atoms in total. The quantitative estimate of drug-likeness (QED) is 0.845. The van der Waals surface area contributed by atoms with Crippen LogP contribution in [0.15, 0.2) is 18.2 Å². The van der Waals surface area contributed by atoms with E-state index in [-0.39, 0.29) is 5.91 Å². The highest BCUT2D eigenvalue weighted by atomic mass is 16.1. The fourth-order valence-electron chi connectivity index (χ4n) is 2.90. The van der Waals surface area contributed by atoms with Crippen LogP contribution in [-0.2, 0) is 0 Å². The molecule has 4 heteroatoms. The van der Waals surface area contributed by atoms with Crippen LogP contribution in [0.1, 0.15) is 35.7 Å². The van der Waals surface area contributed by atoms with Crippen molar-refractivity contribution < 1.29 is 4.79 Å². The molecule has 1 fully saturated rings. The van der Waals surface area contributed by atoms with Gasteiger partial charge >= 0.3 is 0 Å². The molecular formula is C17H27N3O. The summed E-state index contributed by atoms with van der Waals surface area (Å²) in [6.07, 6.45) is 2.63. The number of hydrogen-bond donors (Lipinski definition) is 2. The number of benzene rings is 1. The smallest absolute Gasteiger partial charge is 0.253 e. The van der Waals surface area contributed by atoms with E-state index in [0.717, 1.165) is 29.9 Å². The molecule has 1 saturated heterocycles. The van der Waals surface area contributed by atoms with Gasteiger partial charge in [-0.3, -0.25) is 4.79 Å². The first-order valence-corrected chi connectivity index (χ1v) is 7.89. The van der Waals surface area contributed by atoms with Gasteiger partial charge in [-0.05, 0) is 56.5 Å². The summed E-state index contributed by atoms with van der Waals surface area (Å²) in [7, 11) is 1.85. The van der Waals surface area contributed by atoms with Gasteiger partial charge < -0.3 is 15.5 Å². The van der Waals surface area contributed by atoms with Crippen LogP contribution in [0.2, 0.25) is 0 Å². The Balaban J connectivity index is 1.86. The number of nitrogens with zero attached hydrogens (tertiary/aromatic N) is 1. The molecule has 21 heavy (non-hydrogen) atoms. The number of anilines is 1. The van der Waals surface area contributed by atoms with Crippen LogP contribution >= 0.6 is 0 Å². The molecule has 1 aromatic carbocycles. The topological polar surface area (TPSA) is 44.4 Å². The summed E-state index contributed by atoms with van der Waals surface area (Å²) in [6, 6.07) is 5.87. The Morgan fingerprint density at radius 3 is 2.71 bits per heavy atom. The molecule has 1 unspecified atom stereocenters. The number of amides is 1. The minimum Gasteiger partial charge on any atom is -0.387 e. The number of nitrogens with one attached hydrogen (secondary N) is 2. The third kappa shape index (κ3) is 4.46. The van der Waals surface area contributed by atoms with Gasteiger partial charge in [0.25, 0.3) is 5.91 Å². The van der Waals surface area contributed by atoms with Crippen LogP contribution in [0.5, 0.6) is 0 Å². The minimum atomic E-state index is 0.00706. The monoisotopic (exact) mass is 289 g/mol. The Kier molecular flexibility index (Phi) is 5.62. The molecule has 0 radical (unpaired) electrons. The van der Waals surface area contributed by atoms with E-state index >= 15 is 0 Å².